The minimum absolute atomic E-state index is 0.00627. The van der Waals surface area contributed by atoms with E-state index in [0.29, 0.717) is 0 Å². The van der Waals surface area contributed by atoms with Crippen molar-refractivity contribution in [2.75, 3.05) is 34.5 Å². The summed E-state index contributed by atoms with van der Waals surface area (Å²) >= 11 is 0. The molecule has 0 aromatic carbocycles. The first kappa shape index (κ1) is 36.1. The molecule has 0 aromatic heterocycles. The molecule has 1 N–H and O–H groups in total. The Labute approximate surface area is 206 Å². The molecule has 2 unspecified atom stereocenters. The molecule has 22 heteroatoms. The molecular formula is C16H20F13NO7Si. The number of carbonyl (C=O) groups is 1. The van der Waals surface area contributed by atoms with Gasteiger partial charge in [-0.2, -0.15) is 52.7 Å². The van der Waals surface area contributed by atoms with Crippen molar-refractivity contribution in [3.63, 3.8) is 0 Å². The molecule has 0 fully saturated rings. The van der Waals surface area contributed by atoms with Crippen LogP contribution in [0.5, 0.6) is 0 Å². The SMILES string of the molecule is C=C(F)C(F)(F)OC(F)(C(F)(F)F)C(F)(F)OC(F)(COC(=O)NCCC[Si](OC)(OC)OC)C(F)(F)F. The van der Waals surface area contributed by atoms with Crippen molar-refractivity contribution < 1.29 is 89.4 Å². The van der Waals surface area contributed by atoms with E-state index in [0.717, 1.165) is 0 Å². The lowest BCUT2D eigenvalue weighted by Crippen LogP contribution is -2.65. The highest BCUT2D eigenvalue weighted by molar-refractivity contribution is 6.60. The van der Waals surface area contributed by atoms with Crippen LogP contribution in [0.4, 0.5) is 61.9 Å². The number of rotatable bonds is 15. The standard InChI is InChI=1S/C16H20F13NO7Si/c1-9(17)12(19,20)37-13(21,15(25,26)27)16(28,29)36-11(18,14(22,23)24)8-35-10(31)30-6-5-7-38(32-2,33-3)34-4/h1,5-8H2,2-4H3,(H,30,31). The molecule has 38 heavy (non-hydrogen) atoms. The van der Waals surface area contributed by atoms with Gasteiger partial charge in [-0.05, 0) is 6.42 Å². The van der Waals surface area contributed by atoms with E-state index in [1.807, 2.05) is 0 Å². The van der Waals surface area contributed by atoms with Crippen molar-refractivity contribution in [3.8, 4) is 0 Å². The number of alkyl carbamates (subject to hydrolysis) is 1. The van der Waals surface area contributed by atoms with Crippen LogP contribution < -0.4 is 5.32 Å². The Kier molecular flexibility index (Phi) is 11.9. The highest BCUT2D eigenvalue weighted by Gasteiger charge is 2.80. The Morgan fingerprint density at radius 1 is 0.816 bits per heavy atom. The second-order valence-electron chi connectivity index (χ2n) is 6.86. The maximum atomic E-state index is 14.3. The Bertz CT molecular complexity index is 801. The normalized spacial score (nSPS) is 16.9. The van der Waals surface area contributed by atoms with Crippen molar-refractivity contribution in [3.05, 3.63) is 12.4 Å². The van der Waals surface area contributed by atoms with Gasteiger partial charge in [-0.15, -0.1) is 0 Å². The van der Waals surface area contributed by atoms with Gasteiger partial charge in [0.05, 0.1) is 0 Å². The topological polar surface area (TPSA) is 84.5 Å². The van der Waals surface area contributed by atoms with E-state index in [9.17, 15) is 61.9 Å². The third-order valence-electron chi connectivity index (χ3n) is 4.29. The zero-order valence-electron chi connectivity index (χ0n) is 19.3. The molecule has 226 valence electrons. The molecule has 0 saturated carbocycles. The number of alkyl halides is 12. The summed E-state index contributed by atoms with van der Waals surface area (Å²) in [4.78, 5) is 11.5. The maximum absolute atomic E-state index is 14.3. The van der Waals surface area contributed by atoms with Gasteiger partial charge in [-0.3, -0.25) is 9.47 Å². The van der Waals surface area contributed by atoms with E-state index < -0.39 is 70.2 Å². The van der Waals surface area contributed by atoms with E-state index in [-0.39, 0.29) is 12.5 Å². The van der Waals surface area contributed by atoms with Crippen LogP contribution in [0.3, 0.4) is 0 Å². The van der Waals surface area contributed by atoms with E-state index in [4.69, 9.17) is 13.3 Å². The lowest BCUT2D eigenvalue weighted by molar-refractivity contribution is -0.528. The monoisotopic (exact) mass is 613 g/mol. The molecule has 0 spiro atoms. The summed E-state index contributed by atoms with van der Waals surface area (Å²) in [5, 5.41) is 1.70. The second kappa shape index (κ2) is 12.5. The van der Waals surface area contributed by atoms with Crippen molar-refractivity contribution in [1.29, 1.82) is 0 Å². The van der Waals surface area contributed by atoms with Crippen LogP contribution in [0.2, 0.25) is 6.04 Å². The first-order chi connectivity index (χ1) is 16.9. The average molecular weight is 613 g/mol. The summed E-state index contributed by atoms with van der Waals surface area (Å²) in [5.74, 6) is -16.7. The molecule has 0 radical (unpaired) electrons. The third kappa shape index (κ3) is 8.56. The summed E-state index contributed by atoms with van der Waals surface area (Å²) in [6.07, 6.45) is -29.7. The van der Waals surface area contributed by atoms with Crippen LogP contribution in [0.1, 0.15) is 6.42 Å². The second-order valence-corrected chi connectivity index (χ2v) is 9.95. The fourth-order valence-corrected chi connectivity index (χ4v) is 3.94. The predicted molar refractivity (Wildman–Crippen MR) is 97.7 cm³/mol. The average Bonchev–Trinajstić information content (AvgIpc) is 2.76. The van der Waals surface area contributed by atoms with Crippen molar-refractivity contribution in [2.45, 2.75) is 48.7 Å². The van der Waals surface area contributed by atoms with E-state index in [2.05, 4.69) is 14.2 Å². The Hall–Kier alpha value is -1.88. The highest BCUT2D eigenvalue weighted by Crippen LogP contribution is 2.53. The van der Waals surface area contributed by atoms with Crippen molar-refractivity contribution >= 4 is 14.9 Å². The van der Waals surface area contributed by atoms with Crippen LogP contribution >= 0.6 is 0 Å². The molecular weight excluding hydrogens is 593 g/mol. The van der Waals surface area contributed by atoms with Crippen LogP contribution in [0.25, 0.3) is 0 Å². The van der Waals surface area contributed by atoms with Gasteiger partial charge in [-0.1, -0.05) is 6.58 Å². The summed E-state index contributed by atoms with van der Waals surface area (Å²) in [6, 6.07) is -0.00627. The first-order valence-corrected chi connectivity index (χ1v) is 11.4. The van der Waals surface area contributed by atoms with E-state index >= 15 is 0 Å². The van der Waals surface area contributed by atoms with Crippen LogP contribution in [0.15, 0.2) is 12.4 Å². The number of amides is 1. The van der Waals surface area contributed by atoms with Crippen LogP contribution in [-0.2, 0) is 27.5 Å². The fraction of sp³-hybridized carbons (Fsp3) is 0.812. The highest BCUT2D eigenvalue weighted by atomic mass is 28.4. The first-order valence-electron chi connectivity index (χ1n) is 9.47. The lowest BCUT2D eigenvalue weighted by Gasteiger charge is -2.38. The number of halogens is 13. The van der Waals surface area contributed by atoms with E-state index in [1.54, 1.807) is 11.9 Å². The van der Waals surface area contributed by atoms with Gasteiger partial charge in [-0.25, -0.2) is 9.18 Å². The van der Waals surface area contributed by atoms with Crippen molar-refractivity contribution in [2.24, 2.45) is 0 Å². The number of ether oxygens (including phenoxy) is 3. The molecule has 0 heterocycles. The summed E-state index contributed by atoms with van der Waals surface area (Å²) in [7, 11) is 0.451. The third-order valence-corrected chi connectivity index (χ3v) is 7.12. The number of hydrogen-bond acceptors (Lipinski definition) is 7. The van der Waals surface area contributed by atoms with Crippen LogP contribution in [-0.4, -0.2) is 85.7 Å². The van der Waals surface area contributed by atoms with Gasteiger partial charge in [0.25, 0.3) is 0 Å². The largest absolute Gasteiger partial charge is 0.500 e. The van der Waals surface area contributed by atoms with Gasteiger partial charge < -0.3 is 23.3 Å². The Morgan fingerprint density at radius 3 is 1.66 bits per heavy atom. The molecule has 2 atom stereocenters. The van der Waals surface area contributed by atoms with Gasteiger partial charge in [0.1, 0.15) is 0 Å². The maximum Gasteiger partial charge on any atom is 0.500 e. The molecule has 0 bridgehead atoms. The Balaban J connectivity index is 5.71. The van der Waals surface area contributed by atoms with Crippen molar-refractivity contribution in [1.82, 2.24) is 5.32 Å². The molecule has 0 aliphatic carbocycles. The zero-order valence-corrected chi connectivity index (χ0v) is 20.3. The summed E-state index contributed by atoms with van der Waals surface area (Å²) < 4.78 is 196. The number of carbonyl (C=O) groups excluding carboxylic acids is 1. The molecule has 0 rings (SSSR count). The molecule has 0 aliphatic heterocycles. The van der Waals surface area contributed by atoms with Gasteiger partial charge >= 0.3 is 51.2 Å². The molecule has 0 aliphatic rings. The molecule has 8 nitrogen and oxygen atoms in total. The molecule has 1 amide bonds. The Morgan fingerprint density at radius 2 is 1.29 bits per heavy atom. The quantitative estimate of drug-likeness (QED) is 0.156. The van der Waals surface area contributed by atoms with Gasteiger partial charge in [0.15, 0.2) is 12.4 Å². The summed E-state index contributed by atoms with van der Waals surface area (Å²) in [6.45, 7) is -1.77. The number of hydrogen-bond donors (Lipinski definition) is 1. The fourth-order valence-electron chi connectivity index (χ4n) is 2.21. The van der Waals surface area contributed by atoms with Crippen LogP contribution in [0, 0.1) is 0 Å². The van der Waals surface area contributed by atoms with Gasteiger partial charge in [0, 0.05) is 33.9 Å². The minimum atomic E-state index is -7.38. The lowest BCUT2D eigenvalue weighted by atomic mass is 10.2. The van der Waals surface area contributed by atoms with Gasteiger partial charge in [0.2, 0.25) is 0 Å². The minimum Gasteiger partial charge on any atom is -0.443 e. The predicted octanol–water partition coefficient (Wildman–Crippen LogP) is 5.14. The smallest absolute Gasteiger partial charge is 0.443 e. The molecule has 0 saturated heterocycles. The zero-order chi connectivity index (χ0) is 30.4. The molecule has 0 aromatic rings. The van der Waals surface area contributed by atoms with E-state index in [1.165, 1.54) is 21.3 Å². The summed E-state index contributed by atoms with van der Waals surface area (Å²) in [5.41, 5.74) is 0. The number of nitrogens with one attached hydrogen (secondary N) is 1.